The summed E-state index contributed by atoms with van der Waals surface area (Å²) >= 11 is 0. The Morgan fingerprint density at radius 2 is 2.20 bits per heavy atom. The maximum Gasteiger partial charge on any atom is 0.0987 e. The van der Waals surface area contributed by atoms with Gasteiger partial charge in [0.05, 0.1) is 8.89 Å². The Balaban J connectivity index is 3.07. The van der Waals surface area contributed by atoms with Crippen LogP contribution in [0.25, 0.3) is 0 Å². The summed E-state index contributed by atoms with van der Waals surface area (Å²) < 4.78 is 12.1. The summed E-state index contributed by atoms with van der Waals surface area (Å²) in [6, 6.07) is 5.22. The summed E-state index contributed by atoms with van der Waals surface area (Å²) in [6.07, 6.45) is 0. The lowest BCUT2D eigenvalue weighted by atomic mass is 10.2. The lowest BCUT2D eigenvalue weighted by Gasteiger charge is -1.99. The topological polar surface area (TPSA) is 26.0 Å². The fraction of sp³-hybridized carbons (Fsp3) is 0.143. The molecule has 0 saturated heterocycles. The van der Waals surface area contributed by atoms with Crippen LogP contribution in [-0.2, 0) is 0 Å². The number of nitrogen functional groups attached to an aromatic ring is 1. The summed E-state index contributed by atoms with van der Waals surface area (Å²) in [4.78, 5) is 0. The van der Waals surface area contributed by atoms with E-state index in [9.17, 15) is 4.20 Å². The van der Waals surface area contributed by atoms with Gasteiger partial charge in [-0.15, -0.1) is 0 Å². The van der Waals surface area contributed by atoms with Crippen molar-refractivity contribution in [1.29, 1.82) is 0 Å². The number of benzene rings is 1. The minimum absolute atomic E-state index is 0.630. The van der Waals surface area contributed by atoms with E-state index in [1.54, 1.807) is 18.2 Å². The van der Waals surface area contributed by atoms with Gasteiger partial charge in [-0.3, -0.25) is 0 Å². The van der Waals surface area contributed by atoms with Gasteiger partial charge >= 0.3 is 0 Å². The van der Waals surface area contributed by atoms with Crippen molar-refractivity contribution < 1.29 is 4.20 Å². The molecule has 1 unspecified atom stereocenters. The van der Waals surface area contributed by atoms with E-state index < -0.39 is 8.89 Å². The molecular formula is C7H9FNP. The molecule has 0 aliphatic rings. The van der Waals surface area contributed by atoms with Crippen molar-refractivity contribution in [2.24, 2.45) is 0 Å². The zero-order valence-corrected chi connectivity index (χ0v) is 6.69. The van der Waals surface area contributed by atoms with Crippen LogP contribution >= 0.6 is 8.89 Å². The zero-order chi connectivity index (χ0) is 7.56. The zero-order valence-electron chi connectivity index (χ0n) is 5.69. The Morgan fingerprint density at radius 3 is 2.70 bits per heavy atom. The molecule has 0 amide bonds. The van der Waals surface area contributed by atoms with Crippen LogP contribution in [0.3, 0.4) is 0 Å². The van der Waals surface area contributed by atoms with Crippen LogP contribution < -0.4 is 11.0 Å². The SMILES string of the molecule is Cc1cc(N)ccc1PF. The Kier molecular flexibility index (Phi) is 2.23. The van der Waals surface area contributed by atoms with Crippen molar-refractivity contribution in [3.05, 3.63) is 23.8 Å². The number of halogens is 1. The maximum absolute atomic E-state index is 12.1. The first kappa shape index (κ1) is 7.49. The molecule has 0 aliphatic carbocycles. The average molecular weight is 157 g/mol. The first-order valence-corrected chi connectivity index (χ1v) is 3.84. The predicted octanol–water partition coefficient (Wildman–Crippen LogP) is 1.77. The quantitative estimate of drug-likeness (QED) is 0.488. The molecule has 0 radical (unpaired) electrons. The minimum Gasteiger partial charge on any atom is -0.399 e. The summed E-state index contributed by atoms with van der Waals surface area (Å²) in [7, 11) is -0.630. The number of hydrogen-bond acceptors (Lipinski definition) is 1. The van der Waals surface area contributed by atoms with Crippen molar-refractivity contribution in [1.82, 2.24) is 0 Å². The van der Waals surface area contributed by atoms with Gasteiger partial charge in [-0.1, -0.05) is 0 Å². The lowest BCUT2D eigenvalue weighted by molar-refractivity contribution is 0.929. The molecule has 0 saturated carbocycles. The van der Waals surface area contributed by atoms with Crippen LogP contribution in [0.5, 0.6) is 0 Å². The number of hydrogen-bond donors (Lipinski definition) is 1. The first-order valence-electron chi connectivity index (χ1n) is 2.97. The van der Waals surface area contributed by atoms with Gasteiger partial charge in [0.15, 0.2) is 0 Å². The van der Waals surface area contributed by atoms with Crippen molar-refractivity contribution >= 4 is 19.9 Å². The smallest absolute Gasteiger partial charge is 0.0987 e. The molecule has 1 aromatic rings. The van der Waals surface area contributed by atoms with Gasteiger partial charge in [0.1, 0.15) is 0 Å². The molecule has 0 fully saturated rings. The summed E-state index contributed by atoms with van der Waals surface area (Å²) in [5.74, 6) is 0. The first-order chi connectivity index (χ1) is 4.74. The molecule has 0 bridgehead atoms. The van der Waals surface area contributed by atoms with Crippen LogP contribution in [0, 0.1) is 6.92 Å². The van der Waals surface area contributed by atoms with E-state index in [1.807, 2.05) is 6.92 Å². The molecule has 2 N–H and O–H groups in total. The molecule has 10 heavy (non-hydrogen) atoms. The Hall–Kier alpha value is -0.620. The van der Waals surface area contributed by atoms with Crippen LogP contribution in [0.4, 0.5) is 9.88 Å². The van der Waals surface area contributed by atoms with E-state index in [2.05, 4.69) is 0 Å². The molecule has 3 heteroatoms. The van der Waals surface area contributed by atoms with Crippen LogP contribution in [0.15, 0.2) is 18.2 Å². The van der Waals surface area contributed by atoms with E-state index in [-0.39, 0.29) is 0 Å². The highest BCUT2D eigenvalue weighted by molar-refractivity contribution is 7.41. The number of nitrogens with two attached hydrogens (primary N) is 1. The van der Waals surface area contributed by atoms with Crippen molar-refractivity contribution in [3.8, 4) is 0 Å². The average Bonchev–Trinajstić information content (AvgIpc) is 1.88. The van der Waals surface area contributed by atoms with Gasteiger partial charge in [0, 0.05) is 11.0 Å². The predicted molar refractivity (Wildman–Crippen MR) is 44.6 cm³/mol. The third-order valence-corrected chi connectivity index (χ3v) is 2.12. The lowest BCUT2D eigenvalue weighted by Crippen LogP contribution is -1.98. The summed E-state index contributed by atoms with van der Waals surface area (Å²) in [5, 5.41) is 0.745. The summed E-state index contributed by atoms with van der Waals surface area (Å²) in [6.45, 7) is 1.86. The molecule has 1 atom stereocenters. The van der Waals surface area contributed by atoms with E-state index in [4.69, 9.17) is 5.73 Å². The minimum atomic E-state index is -0.630. The fourth-order valence-electron chi connectivity index (χ4n) is 0.793. The maximum atomic E-state index is 12.1. The van der Waals surface area contributed by atoms with Gasteiger partial charge < -0.3 is 5.73 Å². The Labute approximate surface area is 61.3 Å². The second-order valence-electron chi connectivity index (χ2n) is 2.17. The molecule has 54 valence electrons. The molecule has 1 nitrogen and oxygen atoms in total. The molecule has 1 aromatic carbocycles. The Bertz CT molecular complexity index is 237. The second kappa shape index (κ2) is 2.98. The van der Waals surface area contributed by atoms with E-state index in [0.717, 1.165) is 10.9 Å². The highest BCUT2D eigenvalue weighted by Crippen LogP contribution is 2.15. The van der Waals surface area contributed by atoms with Gasteiger partial charge in [0.2, 0.25) is 0 Å². The van der Waals surface area contributed by atoms with E-state index >= 15 is 0 Å². The Morgan fingerprint density at radius 1 is 1.50 bits per heavy atom. The molecule has 0 aromatic heterocycles. The fourth-order valence-corrected chi connectivity index (χ4v) is 1.16. The van der Waals surface area contributed by atoms with Crippen LogP contribution in [-0.4, -0.2) is 0 Å². The number of anilines is 1. The van der Waals surface area contributed by atoms with Gasteiger partial charge in [0.25, 0.3) is 0 Å². The van der Waals surface area contributed by atoms with Gasteiger partial charge in [-0.05, 0) is 30.7 Å². The molecule has 0 heterocycles. The van der Waals surface area contributed by atoms with Crippen molar-refractivity contribution in [2.45, 2.75) is 6.92 Å². The number of rotatable bonds is 1. The molecule has 0 spiro atoms. The third kappa shape index (κ3) is 1.45. The normalized spacial score (nSPS) is 11.0. The highest BCUT2D eigenvalue weighted by Gasteiger charge is 1.96. The summed E-state index contributed by atoms with van der Waals surface area (Å²) in [5.41, 5.74) is 7.09. The standard InChI is InChI=1S/C7H9FNP/c1-5-4-6(9)2-3-7(5)10-8/h2-4,10H,9H2,1H3. The largest absolute Gasteiger partial charge is 0.399 e. The molecule has 0 aliphatic heterocycles. The highest BCUT2D eigenvalue weighted by atomic mass is 31.1. The van der Waals surface area contributed by atoms with Gasteiger partial charge in [-0.2, -0.15) is 0 Å². The van der Waals surface area contributed by atoms with Gasteiger partial charge in [-0.25, -0.2) is 4.20 Å². The van der Waals surface area contributed by atoms with Crippen LogP contribution in [0.2, 0.25) is 0 Å². The molecule has 1 rings (SSSR count). The van der Waals surface area contributed by atoms with E-state index in [1.165, 1.54) is 0 Å². The second-order valence-corrected chi connectivity index (χ2v) is 2.90. The van der Waals surface area contributed by atoms with E-state index in [0.29, 0.717) is 5.69 Å². The third-order valence-electron chi connectivity index (χ3n) is 1.35. The van der Waals surface area contributed by atoms with Crippen molar-refractivity contribution in [2.75, 3.05) is 5.73 Å². The monoisotopic (exact) mass is 157 g/mol. The van der Waals surface area contributed by atoms with Crippen molar-refractivity contribution in [3.63, 3.8) is 0 Å². The number of aryl methyl sites for hydroxylation is 1. The van der Waals surface area contributed by atoms with Crippen LogP contribution in [0.1, 0.15) is 5.56 Å². The molecular weight excluding hydrogens is 148 g/mol.